The minimum atomic E-state index is 0.0439. The quantitative estimate of drug-likeness (QED) is 0.296. The molecule has 3 aromatic rings. The molecule has 222 valence electrons. The fourth-order valence-electron chi connectivity index (χ4n) is 5.63. The first kappa shape index (κ1) is 28.9. The number of aromatic nitrogens is 2. The minimum Gasteiger partial charge on any atom is -0.495 e. The Morgan fingerprint density at radius 1 is 1.07 bits per heavy atom. The maximum Gasteiger partial charge on any atom is 0.155 e. The number of carbonyl (C=O) groups is 1. The van der Waals surface area contributed by atoms with E-state index in [1.165, 1.54) is 20.3 Å². The molecule has 3 saturated heterocycles. The van der Waals surface area contributed by atoms with Crippen molar-refractivity contribution in [3.63, 3.8) is 0 Å². The van der Waals surface area contributed by atoms with Crippen LogP contribution in [0.5, 0.6) is 11.5 Å². The number of pyridine rings is 2. The Labute approximate surface area is 254 Å². The number of ether oxygens (including phenoxy) is 4. The van der Waals surface area contributed by atoms with Crippen LogP contribution in [0.2, 0.25) is 10.0 Å². The van der Waals surface area contributed by atoms with Crippen LogP contribution in [-0.2, 0) is 14.3 Å². The van der Waals surface area contributed by atoms with Gasteiger partial charge in [-0.15, -0.1) is 0 Å². The van der Waals surface area contributed by atoms with Gasteiger partial charge in [-0.1, -0.05) is 29.8 Å². The van der Waals surface area contributed by atoms with E-state index in [2.05, 4.69) is 22.1 Å². The van der Waals surface area contributed by atoms with Gasteiger partial charge >= 0.3 is 0 Å². The largest absolute Gasteiger partial charge is 0.495 e. The van der Waals surface area contributed by atoms with E-state index in [-0.39, 0.29) is 23.8 Å². The Hall–Kier alpha value is -3.15. The fourth-order valence-corrected chi connectivity index (χ4v) is 6.32. The van der Waals surface area contributed by atoms with Crippen molar-refractivity contribution in [3.8, 4) is 22.8 Å². The Kier molecular flexibility index (Phi) is 8.42. The van der Waals surface area contributed by atoms with Crippen molar-refractivity contribution in [3.05, 3.63) is 47.1 Å². The van der Waals surface area contributed by atoms with Crippen LogP contribution in [0.3, 0.4) is 0 Å². The van der Waals surface area contributed by atoms with Crippen molar-refractivity contribution >= 4 is 51.4 Å². The Morgan fingerprint density at radius 2 is 1.79 bits per heavy atom. The Morgan fingerprint density at radius 3 is 2.38 bits per heavy atom. The van der Waals surface area contributed by atoms with Gasteiger partial charge in [0.05, 0.1) is 68.5 Å². The molecule has 2 atom stereocenters. The predicted molar refractivity (Wildman–Crippen MR) is 163 cm³/mol. The molecule has 6 rings (SSSR count). The van der Waals surface area contributed by atoms with Gasteiger partial charge in [-0.3, -0.25) is 9.69 Å². The lowest BCUT2D eigenvalue weighted by molar-refractivity contribution is -0.115. The van der Waals surface area contributed by atoms with Gasteiger partial charge in [-0.25, -0.2) is 9.97 Å². The molecule has 3 fully saturated rings. The third kappa shape index (κ3) is 5.61. The van der Waals surface area contributed by atoms with Gasteiger partial charge in [0.2, 0.25) is 0 Å². The second-order valence-electron chi connectivity index (χ2n) is 10.8. The van der Waals surface area contributed by atoms with E-state index in [4.69, 9.17) is 52.1 Å². The summed E-state index contributed by atoms with van der Waals surface area (Å²) in [5, 5.41) is 9.52. The molecule has 3 aliphatic heterocycles. The lowest BCUT2D eigenvalue weighted by atomic mass is 9.97. The molecule has 10 nitrogen and oxygen atoms in total. The Balaban J connectivity index is 1.36. The van der Waals surface area contributed by atoms with E-state index < -0.39 is 0 Å². The molecule has 0 amide bonds. The number of ketones is 1. The number of hydrogen-bond donors (Lipinski definition) is 2. The van der Waals surface area contributed by atoms with Crippen LogP contribution in [0.4, 0.5) is 11.6 Å². The van der Waals surface area contributed by atoms with E-state index in [9.17, 15) is 4.79 Å². The molecule has 1 aromatic carbocycles. The SMILES string of the molecule is C=CC(=O)C[C@H]1CN(C2COC2)C[C@H]1Nc1cc2c(NC3COC3)nc(-c3c(Cl)c(OC)cc(OC)c3Cl)cc2cn1. The lowest BCUT2D eigenvalue weighted by Crippen LogP contribution is -2.48. The van der Waals surface area contributed by atoms with Crippen LogP contribution in [-0.4, -0.2) is 92.5 Å². The summed E-state index contributed by atoms with van der Waals surface area (Å²) in [5.41, 5.74) is 1.06. The zero-order valence-electron chi connectivity index (χ0n) is 23.5. The zero-order valence-corrected chi connectivity index (χ0v) is 25.0. The third-order valence-corrected chi connectivity index (χ3v) is 8.90. The summed E-state index contributed by atoms with van der Waals surface area (Å²) in [6.07, 6.45) is 3.65. The summed E-state index contributed by atoms with van der Waals surface area (Å²) in [4.78, 5) is 24.4. The van der Waals surface area contributed by atoms with Crippen LogP contribution in [0.15, 0.2) is 37.1 Å². The van der Waals surface area contributed by atoms with Crippen LogP contribution >= 0.6 is 23.2 Å². The van der Waals surface area contributed by atoms with E-state index in [0.717, 1.165) is 37.1 Å². The van der Waals surface area contributed by atoms with E-state index in [0.29, 0.717) is 70.1 Å². The van der Waals surface area contributed by atoms with Gasteiger partial charge in [-0.05, 0) is 18.2 Å². The molecule has 0 spiro atoms. The highest BCUT2D eigenvalue weighted by Crippen LogP contribution is 2.46. The zero-order chi connectivity index (χ0) is 29.4. The van der Waals surface area contributed by atoms with Crippen LogP contribution < -0.4 is 20.1 Å². The maximum atomic E-state index is 12.3. The van der Waals surface area contributed by atoms with Gasteiger partial charge in [0, 0.05) is 60.1 Å². The number of anilines is 2. The van der Waals surface area contributed by atoms with E-state index in [1.807, 2.05) is 12.1 Å². The molecular weight excluding hydrogens is 581 g/mol. The molecule has 2 aromatic heterocycles. The maximum absolute atomic E-state index is 12.3. The molecule has 2 N–H and O–H groups in total. The van der Waals surface area contributed by atoms with Crippen molar-refractivity contribution in [2.45, 2.75) is 24.5 Å². The molecule has 0 aliphatic carbocycles. The molecule has 0 radical (unpaired) electrons. The number of nitrogens with zero attached hydrogens (tertiary/aromatic N) is 3. The van der Waals surface area contributed by atoms with Crippen molar-refractivity contribution in [2.75, 3.05) is 64.4 Å². The smallest absolute Gasteiger partial charge is 0.155 e. The summed E-state index contributed by atoms with van der Waals surface area (Å²) < 4.78 is 21.8. The average molecular weight is 615 g/mol. The average Bonchev–Trinajstić information content (AvgIpc) is 3.30. The van der Waals surface area contributed by atoms with Crippen molar-refractivity contribution in [1.82, 2.24) is 14.9 Å². The molecule has 12 heteroatoms. The monoisotopic (exact) mass is 613 g/mol. The number of carbonyl (C=O) groups excluding carboxylic acids is 1. The first-order chi connectivity index (χ1) is 20.4. The molecule has 42 heavy (non-hydrogen) atoms. The lowest BCUT2D eigenvalue weighted by Gasteiger charge is -2.34. The molecule has 0 saturated carbocycles. The minimum absolute atomic E-state index is 0.0439. The third-order valence-electron chi connectivity index (χ3n) is 8.15. The second-order valence-corrected chi connectivity index (χ2v) is 11.6. The topological polar surface area (TPSA) is 107 Å². The highest BCUT2D eigenvalue weighted by Gasteiger charge is 2.39. The first-order valence-electron chi connectivity index (χ1n) is 13.9. The number of hydrogen-bond acceptors (Lipinski definition) is 10. The van der Waals surface area contributed by atoms with Crippen LogP contribution in [0, 0.1) is 5.92 Å². The summed E-state index contributed by atoms with van der Waals surface area (Å²) in [6.45, 7) is 7.91. The van der Waals surface area contributed by atoms with Gasteiger partial charge in [0.15, 0.2) is 5.78 Å². The van der Waals surface area contributed by atoms with Gasteiger partial charge < -0.3 is 29.6 Å². The predicted octanol–water partition coefficient (Wildman–Crippen LogP) is 4.69. The second kappa shape index (κ2) is 12.2. The highest BCUT2D eigenvalue weighted by molar-refractivity contribution is 6.41. The standard InChI is InChI=1S/C30H33Cl2N5O5/c1-4-20(38)5-17-10-37(19-14-42-15-19)11-23(17)35-26-7-21-16(9-33-26)6-22(36-30(21)34-18-12-41-13-18)27-28(31)24(39-2)8-25(40-3)29(27)32/h4,6-9,17-19,23H,1,5,10-15H2,2-3H3,(H,33,35)(H,34,36)/t17-,23+/m0/s1. The number of rotatable bonds is 11. The number of allylic oxidation sites excluding steroid dienone is 1. The summed E-state index contributed by atoms with van der Waals surface area (Å²) in [5.74, 6) is 2.40. The molecule has 0 unspecified atom stereocenters. The number of fused-ring (bicyclic) bond motifs is 1. The number of methoxy groups -OCH3 is 2. The number of halogens is 2. The molecule has 5 heterocycles. The van der Waals surface area contributed by atoms with Gasteiger partial charge in [-0.2, -0.15) is 0 Å². The molecule has 0 bridgehead atoms. The van der Waals surface area contributed by atoms with Crippen molar-refractivity contribution < 1.29 is 23.7 Å². The van der Waals surface area contributed by atoms with Crippen molar-refractivity contribution in [2.24, 2.45) is 5.92 Å². The van der Waals surface area contributed by atoms with Gasteiger partial charge in [0.1, 0.15) is 23.1 Å². The van der Waals surface area contributed by atoms with Gasteiger partial charge in [0.25, 0.3) is 0 Å². The van der Waals surface area contributed by atoms with Crippen LogP contribution in [0.25, 0.3) is 22.0 Å². The highest BCUT2D eigenvalue weighted by atomic mass is 35.5. The number of benzene rings is 1. The van der Waals surface area contributed by atoms with Crippen LogP contribution in [0.1, 0.15) is 6.42 Å². The van der Waals surface area contributed by atoms with Crippen molar-refractivity contribution in [1.29, 1.82) is 0 Å². The summed E-state index contributed by atoms with van der Waals surface area (Å²) >= 11 is 13.5. The van der Waals surface area contributed by atoms with E-state index in [1.54, 1.807) is 12.3 Å². The normalized spacial score (nSPS) is 21.0. The first-order valence-corrected chi connectivity index (χ1v) is 14.6. The summed E-state index contributed by atoms with van der Waals surface area (Å²) in [7, 11) is 3.07. The number of nitrogens with one attached hydrogen (secondary N) is 2. The van der Waals surface area contributed by atoms with E-state index >= 15 is 0 Å². The molecule has 3 aliphatic rings. The Bertz CT molecular complexity index is 1490. The number of likely N-dealkylation sites (tertiary alicyclic amines) is 1. The molecular formula is C30H33Cl2N5O5. The fraction of sp³-hybridized carbons (Fsp3) is 0.433. The summed E-state index contributed by atoms with van der Waals surface area (Å²) in [6, 6.07) is 6.10.